The van der Waals surface area contributed by atoms with Gasteiger partial charge in [-0.15, -0.1) is 11.3 Å². The molecule has 27 heavy (non-hydrogen) atoms. The Balaban J connectivity index is 1.62. The summed E-state index contributed by atoms with van der Waals surface area (Å²) in [6.45, 7) is 1.38. The Morgan fingerprint density at radius 3 is 2.52 bits per heavy atom. The van der Waals surface area contributed by atoms with Crippen LogP contribution < -0.4 is 5.32 Å². The number of hydrogen-bond donors (Lipinski definition) is 1. The molecule has 0 saturated heterocycles. The van der Waals surface area contributed by atoms with E-state index < -0.39 is 29.7 Å². The average Bonchev–Trinajstić information content (AvgIpc) is 3.09. The summed E-state index contributed by atoms with van der Waals surface area (Å²) in [4.78, 5) is 28.4. The van der Waals surface area contributed by atoms with E-state index in [1.807, 2.05) is 0 Å². The highest BCUT2D eigenvalue weighted by atomic mass is 32.1. The van der Waals surface area contributed by atoms with Crippen LogP contribution in [0.4, 0.5) is 18.9 Å². The molecule has 0 aliphatic carbocycles. The first kappa shape index (κ1) is 18.8. The van der Waals surface area contributed by atoms with Gasteiger partial charge in [0.1, 0.15) is 0 Å². The fourth-order valence-corrected chi connectivity index (χ4v) is 2.97. The Labute approximate surface area is 155 Å². The molecule has 3 rings (SSSR count). The zero-order valence-electron chi connectivity index (χ0n) is 13.9. The molecule has 0 saturated carbocycles. The normalized spacial score (nSPS) is 12.6. The van der Waals surface area contributed by atoms with Gasteiger partial charge < -0.3 is 10.1 Å². The first-order valence-corrected chi connectivity index (χ1v) is 8.64. The molecule has 1 N–H and O–H groups in total. The lowest BCUT2D eigenvalue weighted by atomic mass is 10.2. The third-order valence-electron chi connectivity index (χ3n) is 3.70. The van der Waals surface area contributed by atoms with Crippen molar-refractivity contribution in [3.8, 4) is 0 Å². The maximum atomic E-state index is 12.5. The summed E-state index contributed by atoms with van der Waals surface area (Å²) in [6.07, 6.45) is -5.58. The molecule has 0 aliphatic heterocycles. The number of fused-ring (bicyclic) bond motifs is 1. The highest BCUT2D eigenvalue weighted by molar-refractivity contribution is 7.16. The summed E-state index contributed by atoms with van der Waals surface area (Å²) in [7, 11) is 0. The Morgan fingerprint density at radius 2 is 1.85 bits per heavy atom. The number of aromatic nitrogens is 1. The van der Waals surface area contributed by atoms with Crippen molar-refractivity contribution in [2.75, 3.05) is 5.32 Å². The lowest BCUT2D eigenvalue weighted by Gasteiger charge is -2.14. The summed E-state index contributed by atoms with van der Waals surface area (Å²) >= 11 is 1.37. The number of anilines is 1. The largest absolute Gasteiger partial charge is 0.449 e. The van der Waals surface area contributed by atoms with Gasteiger partial charge >= 0.3 is 12.1 Å². The molecule has 1 unspecified atom stereocenters. The molecule has 2 aromatic carbocycles. The number of nitrogens with one attached hydrogen (secondary N) is 1. The number of thiazole rings is 1. The number of hydrogen-bond acceptors (Lipinski definition) is 5. The maximum absolute atomic E-state index is 12.5. The molecule has 1 amide bonds. The highest BCUT2D eigenvalue weighted by Crippen LogP contribution is 2.29. The fourth-order valence-electron chi connectivity index (χ4n) is 2.25. The van der Waals surface area contributed by atoms with Crippen LogP contribution in [0.25, 0.3) is 10.2 Å². The Kier molecular flexibility index (Phi) is 5.13. The lowest BCUT2D eigenvalue weighted by molar-refractivity contribution is -0.137. The van der Waals surface area contributed by atoms with Gasteiger partial charge in [0.2, 0.25) is 0 Å². The van der Waals surface area contributed by atoms with Gasteiger partial charge in [0.05, 0.1) is 26.9 Å². The highest BCUT2D eigenvalue weighted by Gasteiger charge is 2.30. The van der Waals surface area contributed by atoms with Crippen LogP contribution >= 0.6 is 11.3 Å². The van der Waals surface area contributed by atoms with E-state index in [4.69, 9.17) is 4.74 Å². The number of benzene rings is 2. The number of rotatable bonds is 4. The lowest BCUT2D eigenvalue weighted by Crippen LogP contribution is -2.30. The van der Waals surface area contributed by atoms with Crippen molar-refractivity contribution < 1.29 is 27.5 Å². The van der Waals surface area contributed by atoms with Gasteiger partial charge in [-0.05, 0) is 49.4 Å². The van der Waals surface area contributed by atoms with Crippen molar-refractivity contribution in [1.29, 1.82) is 0 Å². The van der Waals surface area contributed by atoms with Gasteiger partial charge in [0.15, 0.2) is 6.10 Å². The second-order valence-electron chi connectivity index (χ2n) is 5.65. The van der Waals surface area contributed by atoms with Crippen molar-refractivity contribution >= 4 is 39.1 Å². The number of carbonyl (C=O) groups excluding carboxylic acids is 2. The molecule has 1 heterocycles. The standard InChI is InChI=1S/C18H13F3N2O3S/c1-10(16(24)23-13-5-3-12(4-6-13)18(19,20)21)26-17(25)11-2-7-14-15(8-11)27-9-22-14/h2-10H,1H3,(H,23,24). The van der Waals surface area contributed by atoms with E-state index in [9.17, 15) is 22.8 Å². The van der Waals surface area contributed by atoms with Gasteiger partial charge in [-0.25, -0.2) is 9.78 Å². The Bertz CT molecular complexity index is 983. The summed E-state index contributed by atoms with van der Waals surface area (Å²) < 4.78 is 43.6. The molecule has 5 nitrogen and oxygen atoms in total. The van der Waals surface area contributed by atoms with Crippen molar-refractivity contribution in [2.45, 2.75) is 19.2 Å². The predicted molar refractivity (Wildman–Crippen MR) is 94.6 cm³/mol. The van der Waals surface area contributed by atoms with Crippen LogP contribution in [0.5, 0.6) is 0 Å². The molecule has 0 radical (unpaired) electrons. The minimum absolute atomic E-state index is 0.168. The van der Waals surface area contributed by atoms with Crippen LogP contribution in [0, 0.1) is 0 Å². The van der Waals surface area contributed by atoms with Crippen molar-refractivity contribution in [2.24, 2.45) is 0 Å². The van der Waals surface area contributed by atoms with Gasteiger partial charge in [0.25, 0.3) is 5.91 Å². The van der Waals surface area contributed by atoms with E-state index in [-0.39, 0.29) is 11.3 Å². The van der Waals surface area contributed by atoms with E-state index in [1.165, 1.54) is 18.3 Å². The molecule has 1 atom stereocenters. The smallest absolute Gasteiger partial charge is 0.416 e. The Morgan fingerprint density at radius 1 is 1.15 bits per heavy atom. The average molecular weight is 394 g/mol. The summed E-state index contributed by atoms with van der Waals surface area (Å²) in [5, 5.41) is 2.41. The number of ether oxygens (including phenoxy) is 1. The molecule has 1 aromatic heterocycles. The molecular formula is C18H13F3N2O3S. The number of carbonyl (C=O) groups is 2. The van der Waals surface area contributed by atoms with Gasteiger partial charge in [0, 0.05) is 5.69 Å². The minimum atomic E-state index is -4.45. The molecule has 140 valence electrons. The van der Waals surface area contributed by atoms with Gasteiger partial charge in [-0.2, -0.15) is 13.2 Å². The predicted octanol–water partition coefficient (Wildman–Crippen LogP) is 4.50. The summed E-state index contributed by atoms with van der Waals surface area (Å²) in [5.41, 5.74) is 2.03. The number of esters is 1. The Hall–Kier alpha value is -2.94. The second kappa shape index (κ2) is 7.36. The van der Waals surface area contributed by atoms with E-state index in [0.717, 1.165) is 34.5 Å². The quantitative estimate of drug-likeness (QED) is 0.662. The van der Waals surface area contributed by atoms with Gasteiger partial charge in [-0.1, -0.05) is 0 Å². The first-order valence-electron chi connectivity index (χ1n) is 7.76. The zero-order valence-corrected chi connectivity index (χ0v) is 14.7. The topological polar surface area (TPSA) is 68.3 Å². The van der Waals surface area contributed by atoms with Crippen molar-refractivity contribution in [3.05, 3.63) is 59.1 Å². The number of alkyl halides is 3. The second-order valence-corrected chi connectivity index (χ2v) is 6.53. The van der Waals surface area contributed by atoms with Crippen molar-refractivity contribution in [3.63, 3.8) is 0 Å². The van der Waals surface area contributed by atoms with E-state index in [1.54, 1.807) is 23.7 Å². The number of amides is 1. The molecule has 9 heteroatoms. The number of nitrogens with zero attached hydrogens (tertiary/aromatic N) is 1. The van der Waals surface area contributed by atoms with Crippen LogP contribution in [-0.2, 0) is 15.7 Å². The van der Waals surface area contributed by atoms with Crippen molar-refractivity contribution in [1.82, 2.24) is 4.98 Å². The molecule has 3 aromatic rings. The van der Waals surface area contributed by atoms with Crippen LogP contribution in [0.15, 0.2) is 48.0 Å². The van der Waals surface area contributed by atoms with Gasteiger partial charge in [-0.3, -0.25) is 4.79 Å². The van der Waals surface area contributed by atoms with Crippen LogP contribution in [-0.4, -0.2) is 23.0 Å². The fraction of sp³-hybridized carbons (Fsp3) is 0.167. The first-order chi connectivity index (χ1) is 12.7. The van der Waals surface area contributed by atoms with E-state index in [0.29, 0.717) is 0 Å². The molecule has 0 aliphatic rings. The molecule has 0 bridgehead atoms. The minimum Gasteiger partial charge on any atom is -0.449 e. The number of halogens is 3. The van der Waals surface area contributed by atoms with E-state index in [2.05, 4.69) is 10.3 Å². The maximum Gasteiger partial charge on any atom is 0.416 e. The molecule has 0 spiro atoms. The third-order valence-corrected chi connectivity index (χ3v) is 4.49. The SMILES string of the molecule is CC(OC(=O)c1ccc2ncsc2c1)C(=O)Nc1ccc(C(F)(F)F)cc1. The molecular weight excluding hydrogens is 381 g/mol. The summed E-state index contributed by atoms with van der Waals surface area (Å²) in [5.74, 6) is -1.33. The third kappa shape index (κ3) is 4.43. The molecule has 0 fully saturated rings. The van der Waals surface area contributed by atoms with Crippen LogP contribution in [0.1, 0.15) is 22.8 Å². The van der Waals surface area contributed by atoms with E-state index >= 15 is 0 Å². The van der Waals surface area contributed by atoms with Crippen LogP contribution in [0.3, 0.4) is 0 Å². The summed E-state index contributed by atoms with van der Waals surface area (Å²) in [6, 6.07) is 8.82. The zero-order chi connectivity index (χ0) is 19.6. The van der Waals surface area contributed by atoms with Crippen LogP contribution in [0.2, 0.25) is 0 Å². The monoisotopic (exact) mass is 394 g/mol.